The van der Waals surface area contributed by atoms with Crippen molar-refractivity contribution in [2.45, 2.75) is 26.3 Å². The van der Waals surface area contributed by atoms with E-state index in [4.69, 9.17) is 14.2 Å². The third-order valence-electron chi connectivity index (χ3n) is 3.91. The smallest absolute Gasteiger partial charge is 0.225 e. The van der Waals surface area contributed by atoms with Crippen molar-refractivity contribution in [3.8, 4) is 17.2 Å². The number of hydrogen-bond donors (Lipinski definition) is 1. The highest BCUT2D eigenvalue weighted by Gasteiger charge is 2.14. The van der Waals surface area contributed by atoms with Gasteiger partial charge >= 0.3 is 0 Å². The van der Waals surface area contributed by atoms with Crippen molar-refractivity contribution in [2.24, 2.45) is 0 Å². The zero-order valence-electron chi connectivity index (χ0n) is 15.2. The number of carbonyl (C=O) groups excluding carboxylic acids is 1. The number of methoxy groups -OCH3 is 2. The fourth-order valence-electron chi connectivity index (χ4n) is 2.63. The van der Waals surface area contributed by atoms with Gasteiger partial charge in [0, 0.05) is 5.56 Å². The van der Waals surface area contributed by atoms with Crippen molar-refractivity contribution >= 4 is 5.91 Å². The summed E-state index contributed by atoms with van der Waals surface area (Å²) in [6.45, 7) is 4.43. The summed E-state index contributed by atoms with van der Waals surface area (Å²) in [5.74, 6) is 2.00. The maximum Gasteiger partial charge on any atom is 0.225 e. The number of hydrogen-bond acceptors (Lipinski definition) is 4. The van der Waals surface area contributed by atoms with Crippen LogP contribution in [-0.2, 0) is 11.2 Å². The summed E-state index contributed by atoms with van der Waals surface area (Å²) in [6, 6.07) is 13.1. The lowest BCUT2D eigenvalue weighted by atomic mass is 10.1. The molecule has 0 spiro atoms. The minimum absolute atomic E-state index is 0.0650. The normalized spacial score (nSPS) is 11.5. The summed E-state index contributed by atoms with van der Waals surface area (Å²) in [4.78, 5) is 12.4. The van der Waals surface area contributed by atoms with Gasteiger partial charge in [0.15, 0.2) is 11.5 Å². The first kappa shape index (κ1) is 18.6. The Bertz CT molecular complexity index is 715. The van der Waals surface area contributed by atoms with E-state index in [0.29, 0.717) is 23.9 Å². The number of amides is 1. The van der Waals surface area contributed by atoms with Gasteiger partial charge in [-0.15, -0.1) is 0 Å². The number of nitrogens with one attached hydrogen (secondary N) is 1. The molecule has 2 rings (SSSR count). The Morgan fingerprint density at radius 2 is 1.76 bits per heavy atom. The van der Waals surface area contributed by atoms with E-state index in [1.54, 1.807) is 14.2 Å². The van der Waals surface area contributed by atoms with Crippen LogP contribution >= 0.6 is 0 Å². The molecule has 134 valence electrons. The Kier molecular flexibility index (Phi) is 6.69. The molecule has 0 saturated carbocycles. The lowest BCUT2D eigenvalue weighted by molar-refractivity contribution is -0.121. The Morgan fingerprint density at radius 1 is 1.04 bits per heavy atom. The SMILES string of the molecule is CCOc1ccc(C(C)NC(=O)Cc2ccccc2OC)cc1OC. The van der Waals surface area contributed by atoms with Crippen LogP contribution < -0.4 is 19.5 Å². The standard InChI is InChI=1S/C20H25NO4/c1-5-25-18-11-10-15(12-19(18)24-4)14(2)21-20(22)13-16-8-6-7-9-17(16)23-3/h6-12,14H,5,13H2,1-4H3,(H,21,22). The predicted octanol–water partition coefficient (Wildman–Crippen LogP) is 3.52. The highest BCUT2D eigenvalue weighted by molar-refractivity contribution is 5.79. The van der Waals surface area contributed by atoms with Crippen molar-refractivity contribution in [1.29, 1.82) is 0 Å². The number of benzene rings is 2. The van der Waals surface area contributed by atoms with E-state index in [9.17, 15) is 4.79 Å². The quantitative estimate of drug-likeness (QED) is 0.797. The van der Waals surface area contributed by atoms with Gasteiger partial charge in [0.05, 0.1) is 33.3 Å². The fourth-order valence-corrected chi connectivity index (χ4v) is 2.63. The molecular weight excluding hydrogens is 318 g/mol. The van der Waals surface area contributed by atoms with Crippen molar-refractivity contribution < 1.29 is 19.0 Å². The number of rotatable bonds is 8. The van der Waals surface area contributed by atoms with Gasteiger partial charge < -0.3 is 19.5 Å². The van der Waals surface area contributed by atoms with E-state index in [-0.39, 0.29) is 18.4 Å². The Morgan fingerprint density at radius 3 is 2.44 bits per heavy atom. The van der Waals surface area contributed by atoms with Gasteiger partial charge in [-0.05, 0) is 37.6 Å². The average Bonchev–Trinajstić information content (AvgIpc) is 2.62. The summed E-state index contributed by atoms with van der Waals surface area (Å²) >= 11 is 0. The Labute approximate surface area is 148 Å². The molecule has 0 saturated heterocycles. The zero-order chi connectivity index (χ0) is 18.2. The summed E-state index contributed by atoms with van der Waals surface area (Å²) in [7, 11) is 3.21. The molecule has 0 radical (unpaired) electrons. The topological polar surface area (TPSA) is 56.8 Å². The summed E-state index contributed by atoms with van der Waals surface area (Å²) in [6.07, 6.45) is 0.266. The molecule has 0 aliphatic carbocycles. The van der Waals surface area contributed by atoms with E-state index >= 15 is 0 Å². The minimum atomic E-state index is -0.146. The Balaban J connectivity index is 2.05. The average molecular weight is 343 g/mol. The van der Waals surface area contributed by atoms with Crippen LogP contribution in [0.25, 0.3) is 0 Å². The fraction of sp³-hybridized carbons (Fsp3) is 0.350. The molecule has 1 amide bonds. The predicted molar refractivity (Wildman–Crippen MR) is 97.4 cm³/mol. The zero-order valence-corrected chi connectivity index (χ0v) is 15.2. The molecular formula is C20H25NO4. The molecule has 0 fully saturated rings. The molecule has 0 bridgehead atoms. The highest BCUT2D eigenvalue weighted by atomic mass is 16.5. The third kappa shape index (κ3) is 4.89. The second-order valence-corrected chi connectivity index (χ2v) is 5.62. The van der Waals surface area contributed by atoms with Crippen molar-refractivity contribution in [1.82, 2.24) is 5.32 Å². The van der Waals surface area contributed by atoms with Crippen molar-refractivity contribution in [3.05, 3.63) is 53.6 Å². The van der Waals surface area contributed by atoms with Gasteiger partial charge in [0.2, 0.25) is 5.91 Å². The molecule has 2 aromatic rings. The monoisotopic (exact) mass is 343 g/mol. The van der Waals surface area contributed by atoms with E-state index in [2.05, 4.69) is 5.32 Å². The lowest BCUT2D eigenvalue weighted by Gasteiger charge is -2.17. The first-order chi connectivity index (χ1) is 12.1. The number of para-hydroxylation sites is 1. The number of carbonyl (C=O) groups is 1. The van der Waals surface area contributed by atoms with E-state index in [1.807, 2.05) is 56.3 Å². The highest BCUT2D eigenvalue weighted by Crippen LogP contribution is 2.30. The lowest BCUT2D eigenvalue weighted by Crippen LogP contribution is -2.28. The van der Waals surface area contributed by atoms with Crippen LogP contribution in [0.5, 0.6) is 17.2 Å². The van der Waals surface area contributed by atoms with E-state index < -0.39 is 0 Å². The molecule has 0 heterocycles. The molecule has 2 aromatic carbocycles. The van der Waals surface area contributed by atoms with Gasteiger partial charge in [-0.2, -0.15) is 0 Å². The molecule has 5 nitrogen and oxygen atoms in total. The molecule has 0 aliphatic rings. The largest absolute Gasteiger partial charge is 0.496 e. The second-order valence-electron chi connectivity index (χ2n) is 5.62. The van der Waals surface area contributed by atoms with Crippen LogP contribution in [0.2, 0.25) is 0 Å². The van der Waals surface area contributed by atoms with Crippen LogP contribution in [0.3, 0.4) is 0 Å². The van der Waals surface area contributed by atoms with Crippen molar-refractivity contribution in [2.75, 3.05) is 20.8 Å². The van der Waals surface area contributed by atoms with E-state index in [1.165, 1.54) is 0 Å². The number of ether oxygens (including phenoxy) is 3. The molecule has 25 heavy (non-hydrogen) atoms. The van der Waals surface area contributed by atoms with E-state index in [0.717, 1.165) is 11.1 Å². The maximum atomic E-state index is 12.4. The molecule has 0 aliphatic heterocycles. The van der Waals surface area contributed by atoms with Crippen LogP contribution in [0.4, 0.5) is 0 Å². The molecule has 1 unspecified atom stereocenters. The van der Waals surface area contributed by atoms with Crippen LogP contribution in [0.1, 0.15) is 31.0 Å². The first-order valence-corrected chi connectivity index (χ1v) is 8.31. The summed E-state index contributed by atoms with van der Waals surface area (Å²) in [5.41, 5.74) is 1.81. The van der Waals surface area contributed by atoms with Crippen LogP contribution in [0.15, 0.2) is 42.5 Å². The Hall–Kier alpha value is -2.69. The third-order valence-corrected chi connectivity index (χ3v) is 3.91. The van der Waals surface area contributed by atoms with Gasteiger partial charge in [-0.3, -0.25) is 4.79 Å². The molecule has 1 N–H and O–H groups in total. The molecule has 0 aromatic heterocycles. The van der Waals surface area contributed by atoms with Crippen molar-refractivity contribution in [3.63, 3.8) is 0 Å². The van der Waals surface area contributed by atoms with Gasteiger partial charge in [-0.25, -0.2) is 0 Å². The molecule has 5 heteroatoms. The molecule has 1 atom stereocenters. The first-order valence-electron chi connectivity index (χ1n) is 8.31. The van der Waals surface area contributed by atoms with Gasteiger partial charge in [0.25, 0.3) is 0 Å². The van der Waals surface area contributed by atoms with Gasteiger partial charge in [-0.1, -0.05) is 24.3 Å². The van der Waals surface area contributed by atoms with Crippen LogP contribution in [0, 0.1) is 0 Å². The van der Waals surface area contributed by atoms with Crippen LogP contribution in [-0.4, -0.2) is 26.7 Å². The second kappa shape index (κ2) is 8.97. The summed E-state index contributed by atoms with van der Waals surface area (Å²) < 4.78 is 16.2. The maximum absolute atomic E-state index is 12.4. The summed E-state index contributed by atoms with van der Waals surface area (Å²) in [5, 5.41) is 3.01. The van der Waals surface area contributed by atoms with Gasteiger partial charge in [0.1, 0.15) is 5.75 Å². The minimum Gasteiger partial charge on any atom is -0.496 e.